The molecule has 21 heavy (non-hydrogen) atoms. The topological polar surface area (TPSA) is 41.6 Å². The number of likely N-dealkylation sites (tertiary alicyclic amines) is 1. The molecular weight excluding hydrogens is 264 g/mol. The summed E-state index contributed by atoms with van der Waals surface area (Å²) in [5.74, 6) is 1.19. The molecule has 1 aromatic rings. The van der Waals surface area contributed by atoms with Gasteiger partial charge in [-0.05, 0) is 32.8 Å². The minimum Gasteiger partial charge on any atom is -0.494 e. The highest BCUT2D eigenvalue weighted by Gasteiger charge is 2.18. The molecule has 2 rings (SSSR count). The van der Waals surface area contributed by atoms with Crippen LogP contribution in [0, 0.1) is 0 Å². The lowest BCUT2D eigenvalue weighted by Gasteiger charge is -2.19. The Balaban J connectivity index is 1.81. The third kappa shape index (κ3) is 4.46. The van der Waals surface area contributed by atoms with Gasteiger partial charge in [-0.1, -0.05) is 18.2 Å². The Morgan fingerprint density at radius 3 is 2.76 bits per heavy atom. The number of nitrogens with zero attached hydrogens (tertiary/aromatic N) is 1. The van der Waals surface area contributed by atoms with Crippen molar-refractivity contribution in [3.8, 4) is 5.75 Å². The number of carbonyl (C=O) groups is 1. The van der Waals surface area contributed by atoms with Crippen LogP contribution in [0.3, 0.4) is 0 Å². The van der Waals surface area contributed by atoms with Crippen LogP contribution in [0.25, 0.3) is 0 Å². The molecule has 0 radical (unpaired) electrons. The largest absolute Gasteiger partial charge is 0.494 e. The zero-order valence-electron chi connectivity index (χ0n) is 13.1. The fraction of sp³-hybridized carbons (Fsp3) is 0.588. The molecule has 0 bridgehead atoms. The first kappa shape index (κ1) is 15.8. The number of rotatable bonds is 7. The van der Waals surface area contributed by atoms with Gasteiger partial charge in [0.15, 0.2) is 0 Å². The van der Waals surface area contributed by atoms with Gasteiger partial charge in [-0.15, -0.1) is 0 Å². The molecule has 1 aliphatic heterocycles. The summed E-state index contributed by atoms with van der Waals surface area (Å²) in [7, 11) is 0. The number of amides is 1. The van der Waals surface area contributed by atoms with Crippen molar-refractivity contribution in [1.82, 2.24) is 10.2 Å². The van der Waals surface area contributed by atoms with Gasteiger partial charge >= 0.3 is 0 Å². The molecule has 1 unspecified atom stereocenters. The van der Waals surface area contributed by atoms with Gasteiger partial charge < -0.3 is 15.0 Å². The summed E-state index contributed by atoms with van der Waals surface area (Å²) >= 11 is 0. The van der Waals surface area contributed by atoms with E-state index in [1.54, 1.807) is 0 Å². The summed E-state index contributed by atoms with van der Waals surface area (Å²) in [5, 5.41) is 3.42. The molecule has 0 spiro atoms. The van der Waals surface area contributed by atoms with Crippen molar-refractivity contribution in [2.24, 2.45) is 0 Å². The maximum atomic E-state index is 12.0. The maximum Gasteiger partial charge on any atom is 0.223 e. The lowest BCUT2D eigenvalue weighted by molar-refractivity contribution is -0.130. The van der Waals surface area contributed by atoms with E-state index in [4.69, 9.17) is 4.74 Å². The van der Waals surface area contributed by atoms with Crippen LogP contribution < -0.4 is 10.1 Å². The van der Waals surface area contributed by atoms with Gasteiger partial charge in [-0.25, -0.2) is 0 Å². The molecule has 0 saturated carbocycles. The Labute approximate surface area is 127 Å². The van der Waals surface area contributed by atoms with Gasteiger partial charge in [0.05, 0.1) is 6.61 Å². The van der Waals surface area contributed by atoms with Gasteiger partial charge in [-0.3, -0.25) is 4.79 Å². The highest BCUT2D eigenvalue weighted by atomic mass is 16.5. The molecule has 4 nitrogen and oxygen atoms in total. The normalized spacial score (nSPS) is 16.0. The number of ether oxygens (including phenoxy) is 1. The fourth-order valence-corrected chi connectivity index (χ4v) is 2.76. The quantitative estimate of drug-likeness (QED) is 0.839. The lowest BCUT2D eigenvalue weighted by Crippen LogP contribution is -2.31. The molecule has 116 valence electrons. The summed E-state index contributed by atoms with van der Waals surface area (Å²) in [6.45, 7) is 7.33. The van der Waals surface area contributed by atoms with Crippen LogP contribution in [0.2, 0.25) is 0 Å². The summed E-state index contributed by atoms with van der Waals surface area (Å²) in [6, 6.07) is 8.25. The van der Waals surface area contributed by atoms with E-state index in [9.17, 15) is 4.79 Å². The number of benzene rings is 1. The van der Waals surface area contributed by atoms with Crippen LogP contribution in [0.1, 0.15) is 44.7 Å². The Morgan fingerprint density at radius 2 is 2.05 bits per heavy atom. The predicted octanol–water partition coefficient (Wildman–Crippen LogP) is 2.75. The van der Waals surface area contributed by atoms with E-state index in [1.165, 1.54) is 0 Å². The first-order chi connectivity index (χ1) is 10.2. The van der Waals surface area contributed by atoms with Crippen LogP contribution in [0.15, 0.2) is 24.3 Å². The summed E-state index contributed by atoms with van der Waals surface area (Å²) < 4.78 is 5.65. The van der Waals surface area contributed by atoms with Gasteiger partial charge in [-0.2, -0.15) is 0 Å². The third-order valence-electron chi connectivity index (χ3n) is 3.93. The van der Waals surface area contributed by atoms with E-state index in [0.717, 1.165) is 37.2 Å². The molecule has 1 aliphatic rings. The van der Waals surface area contributed by atoms with Gasteiger partial charge in [0.2, 0.25) is 5.91 Å². The van der Waals surface area contributed by atoms with Crippen LogP contribution in [-0.4, -0.2) is 37.0 Å². The smallest absolute Gasteiger partial charge is 0.223 e. The predicted molar refractivity (Wildman–Crippen MR) is 84.5 cm³/mol. The van der Waals surface area contributed by atoms with E-state index in [2.05, 4.69) is 18.3 Å². The van der Waals surface area contributed by atoms with Crippen molar-refractivity contribution in [2.45, 2.75) is 39.2 Å². The van der Waals surface area contributed by atoms with Crippen molar-refractivity contribution in [3.05, 3.63) is 29.8 Å². The monoisotopic (exact) mass is 290 g/mol. The van der Waals surface area contributed by atoms with Crippen LogP contribution >= 0.6 is 0 Å². The van der Waals surface area contributed by atoms with Gasteiger partial charge in [0, 0.05) is 37.7 Å². The van der Waals surface area contributed by atoms with Gasteiger partial charge in [0.1, 0.15) is 5.75 Å². The van der Waals surface area contributed by atoms with E-state index in [0.29, 0.717) is 19.6 Å². The fourth-order valence-electron chi connectivity index (χ4n) is 2.76. The second kappa shape index (κ2) is 8.03. The molecule has 1 aromatic carbocycles. The zero-order valence-corrected chi connectivity index (χ0v) is 13.1. The van der Waals surface area contributed by atoms with Crippen LogP contribution in [-0.2, 0) is 4.79 Å². The Hall–Kier alpha value is -1.55. The van der Waals surface area contributed by atoms with Crippen molar-refractivity contribution in [1.29, 1.82) is 0 Å². The number of carbonyl (C=O) groups excluding carboxylic acids is 1. The molecule has 1 fully saturated rings. The second-order valence-corrected chi connectivity index (χ2v) is 5.48. The molecule has 4 heteroatoms. The van der Waals surface area contributed by atoms with E-state index < -0.39 is 0 Å². The molecule has 1 amide bonds. The number of hydrogen-bond acceptors (Lipinski definition) is 3. The first-order valence-corrected chi connectivity index (χ1v) is 7.95. The molecule has 1 atom stereocenters. The minimum absolute atomic E-state index is 0.180. The zero-order chi connectivity index (χ0) is 15.1. The Kier molecular flexibility index (Phi) is 6.05. The number of nitrogens with one attached hydrogen (secondary N) is 1. The lowest BCUT2D eigenvalue weighted by atomic mass is 10.1. The van der Waals surface area contributed by atoms with Gasteiger partial charge in [0.25, 0.3) is 0 Å². The van der Waals surface area contributed by atoms with Crippen LogP contribution in [0.4, 0.5) is 0 Å². The maximum absolute atomic E-state index is 12.0. The summed E-state index contributed by atoms with van der Waals surface area (Å²) in [5.41, 5.74) is 1.15. The SMILES string of the molecule is CCOc1ccccc1C(C)NCCC(=O)N1CCCC1. The average molecular weight is 290 g/mol. The second-order valence-electron chi connectivity index (χ2n) is 5.48. The van der Waals surface area contributed by atoms with Crippen molar-refractivity contribution in [3.63, 3.8) is 0 Å². The third-order valence-corrected chi connectivity index (χ3v) is 3.93. The highest BCUT2D eigenvalue weighted by Crippen LogP contribution is 2.24. The molecule has 0 aromatic heterocycles. The molecule has 1 heterocycles. The first-order valence-electron chi connectivity index (χ1n) is 7.95. The average Bonchev–Trinajstić information content (AvgIpc) is 3.02. The summed E-state index contributed by atoms with van der Waals surface area (Å²) in [4.78, 5) is 14.0. The number of hydrogen-bond donors (Lipinski definition) is 1. The number of para-hydroxylation sites is 1. The Bertz CT molecular complexity index is 456. The van der Waals surface area contributed by atoms with Crippen LogP contribution in [0.5, 0.6) is 5.75 Å². The minimum atomic E-state index is 0.180. The van der Waals surface area contributed by atoms with E-state index in [1.807, 2.05) is 30.0 Å². The molecule has 1 N–H and O–H groups in total. The highest BCUT2D eigenvalue weighted by molar-refractivity contribution is 5.76. The molecule has 0 aliphatic carbocycles. The standard InChI is InChI=1S/C17H26N2O2/c1-3-21-16-9-5-4-8-15(16)14(2)18-11-10-17(20)19-12-6-7-13-19/h4-5,8-9,14,18H,3,6-7,10-13H2,1-2H3. The summed E-state index contributed by atoms with van der Waals surface area (Å²) in [6.07, 6.45) is 2.87. The van der Waals surface area contributed by atoms with Crippen molar-refractivity contribution >= 4 is 5.91 Å². The molecular formula is C17H26N2O2. The Morgan fingerprint density at radius 1 is 1.33 bits per heavy atom. The van der Waals surface area contributed by atoms with E-state index in [-0.39, 0.29) is 11.9 Å². The van der Waals surface area contributed by atoms with E-state index >= 15 is 0 Å². The van der Waals surface area contributed by atoms with Crippen molar-refractivity contribution in [2.75, 3.05) is 26.2 Å². The molecule has 1 saturated heterocycles. The van der Waals surface area contributed by atoms with Crippen molar-refractivity contribution < 1.29 is 9.53 Å².